The average Bonchev–Trinajstić information content (AvgIpc) is 2.99. The maximum atomic E-state index is 12.4. The van der Waals surface area contributed by atoms with E-state index in [1.807, 2.05) is 0 Å². The molecule has 7 nitrogen and oxygen atoms in total. The molecule has 138 valence electrons. The molecule has 0 aliphatic heterocycles. The Morgan fingerprint density at radius 3 is 2.11 bits per heavy atom. The summed E-state index contributed by atoms with van der Waals surface area (Å²) in [5.41, 5.74) is 1.53. The summed E-state index contributed by atoms with van der Waals surface area (Å²) < 4.78 is 1.34. The molecule has 0 saturated heterocycles. The molecule has 0 spiro atoms. The lowest BCUT2D eigenvalue weighted by atomic mass is 10.2. The molecule has 0 atom stereocenters. The lowest BCUT2D eigenvalue weighted by Crippen LogP contribution is -2.21. The molecule has 2 amide bonds. The van der Waals surface area contributed by atoms with Crippen LogP contribution in [0.3, 0.4) is 0 Å². The fourth-order valence-electron chi connectivity index (χ4n) is 2.35. The molecular formula is C18H15Cl2N5O2. The number of carbonyl (C=O) groups excluding carboxylic acids is 2. The number of para-hydroxylation sites is 2. The highest BCUT2D eigenvalue weighted by atomic mass is 35.5. The van der Waals surface area contributed by atoms with Crippen LogP contribution in [0.5, 0.6) is 0 Å². The van der Waals surface area contributed by atoms with Crippen molar-refractivity contribution in [2.24, 2.45) is 0 Å². The van der Waals surface area contributed by atoms with Gasteiger partial charge in [0.15, 0.2) is 5.69 Å². The van der Waals surface area contributed by atoms with Crippen molar-refractivity contribution in [2.45, 2.75) is 13.5 Å². The highest BCUT2D eigenvalue weighted by Crippen LogP contribution is 2.22. The van der Waals surface area contributed by atoms with Crippen LogP contribution in [0.2, 0.25) is 10.0 Å². The topological polar surface area (TPSA) is 88.9 Å². The SMILES string of the molecule is Cc1c(C(=O)Nc2ccccc2Cl)nnn1CC(=O)Nc1ccccc1Cl. The van der Waals surface area contributed by atoms with Crippen molar-refractivity contribution in [1.29, 1.82) is 0 Å². The monoisotopic (exact) mass is 403 g/mol. The van der Waals surface area contributed by atoms with Gasteiger partial charge in [0.05, 0.1) is 27.1 Å². The van der Waals surface area contributed by atoms with Gasteiger partial charge < -0.3 is 10.6 Å². The fraction of sp³-hybridized carbons (Fsp3) is 0.111. The second kappa shape index (κ2) is 8.20. The van der Waals surface area contributed by atoms with E-state index in [1.54, 1.807) is 55.5 Å². The van der Waals surface area contributed by atoms with Crippen molar-refractivity contribution in [1.82, 2.24) is 15.0 Å². The summed E-state index contributed by atoms with van der Waals surface area (Å²) in [6, 6.07) is 13.8. The van der Waals surface area contributed by atoms with Gasteiger partial charge in [-0.3, -0.25) is 9.59 Å². The highest BCUT2D eigenvalue weighted by Gasteiger charge is 2.19. The molecule has 1 heterocycles. The Morgan fingerprint density at radius 1 is 0.963 bits per heavy atom. The van der Waals surface area contributed by atoms with Gasteiger partial charge in [0.25, 0.3) is 5.91 Å². The summed E-state index contributed by atoms with van der Waals surface area (Å²) in [5.74, 6) is -0.799. The number of amides is 2. The summed E-state index contributed by atoms with van der Waals surface area (Å²) in [6.45, 7) is 1.55. The molecule has 0 saturated carbocycles. The zero-order chi connectivity index (χ0) is 19.4. The Labute approximate surface area is 165 Å². The van der Waals surface area contributed by atoms with Gasteiger partial charge in [-0.2, -0.15) is 0 Å². The third-order valence-electron chi connectivity index (χ3n) is 3.76. The minimum absolute atomic E-state index is 0.108. The van der Waals surface area contributed by atoms with Crippen LogP contribution in [0.15, 0.2) is 48.5 Å². The number of rotatable bonds is 5. The fourth-order valence-corrected chi connectivity index (χ4v) is 2.72. The van der Waals surface area contributed by atoms with Gasteiger partial charge in [-0.1, -0.05) is 52.7 Å². The first-order valence-electron chi connectivity index (χ1n) is 7.96. The molecule has 2 aromatic carbocycles. The minimum Gasteiger partial charge on any atom is -0.323 e. The predicted molar refractivity (Wildman–Crippen MR) is 104 cm³/mol. The van der Waals surface area contributed by atoms with Crippen LogP contribution in [-0.4, -0.2) is 26.8 Å². The number of nitrogens with zero attached hydrogens (tertiary/aromatic N) is 3. The van der Waals surface area contributed by atoms with Gasteiger partial charge >= 0.3 is 0 Å². The molecule has 27 heavy (non-hydrogen) atoms. The number of carbonyl (C=O) groups is 2. The van der Waals surface area contributed by atoms with Crippen molar-refractivity contribution >= 4 is 46.4 Å². The highest BCUT2D eigenvalue weighted by molar-refractivity contribution is 6.34. The van der Waals surface area contributed by atoms with Gasteiger partial charge in [0, 0.05) is 0 Å². The van der Waals surface area contributed by atoms with Crippen LogP contribution < -0.4 is 10.6 Å². The van der Waals surface area contributed by atoms with E-state index in [0.29, 0.717) is 27.1 Å². The van der Waals surface area contributed by atoms with E-state index in [2.05, 4.69) is 20.9 Å². The molecule has 9 heteroatoms. The van der Waals surface area contributed by atoms with Crippen molar-refractivity contribution in [3.05, 3.63) is 70.0 Å². The third-order valence-corrected chi connectivity index (χ3v) is 4.42. The Hall–Kier alpha value is -2.90. The zero-order valence-corrected chi connectivity index (χ0v) is 15.8. The molecule has 0 fully saturated rings. The van der Waals surface area contributed by atoms with E-state index in [1.165, 1.54) is 4.68 Å². The second-order valence-electron chi connectivity index (χ2n) is 5.64. The normalized spacial score (nSPS) is 10.5. The summed E-state index contributed by atoms with van der Waals surface area (Å²) in [7, 11) is 0. The molecular weight excluding hydrogens is 389 g/mol. The van der Waals surface area contributed by atoms with Crippen LogP contribution in [0.4, 0.5) is 11.4 Å². The molecule has 0 aliphatic carbocycles. The van der Waals surface area contributed by atoms with Crippen molar-refractivity contribution < 1.29 is 9.59 Å². The van der Waals surface area contributed by atoms with E-state index >= 15 is 0 Å². The third kappa shape index (κ3) is 4.45. The molecule has 0 aliphatic rings. The van der Waals surface area contributed by atoms with Crippen LogP contribution in [0.25, 0.3) is 0 Å². The average molecular weight is 404 g/mol. The van der Waals surface area contributed by atoms with E-state index in [9.17, 15) is 9.59 Å². The quantitative estimate of drug-likeness (QED) is 0.677. The maximum absolute atomic E-state index is 12.4. The lowest BCUT2D eigenvalue weighted by molar-refractivity contribution is -0.117. The van der Waals surface area contributed by atoms with Crippen molar-refractivity contribution in [3.63, 3.8) is 0 Å². The van der Waals surface area contributed by atoms with Crippen LogP contribution in [0.1, 0.15) is 16.2 Å². The van der Waals surface area contributed by atoms with E-state index in [0.717, 1.165) is 0 Å². The summed E-state index contributed by atoms with van der Waals surface area (Å²) in [4.78, 5) is 24.6. The Morgan fingerprint density at radius 2 is 1.52 bits per heavy atom. The number of anilines is 2. The first-order valence-corrected chi connectivity index (χ1v) is 8.71. The number of aromatic nitrogens is 3. The number of hydrogen-bond acceptors (Lipinski definition) is 4. The van der Waals surface area contributed by atoms with Crippen LogP contribution in [-0.2, 0) is 11.3 Å². The standard InChI is InChI=1S/C18H15Cl2N5O2/c1-11-17(18(27)22-15-9-5-3-7-13(15)20)23-24-25(11)10-16(26)21-14-8-4-2-6-12(14)19/h2-9H,10H2,1H3,(H,21,26)(H,22,27). The zero-order valence-electron chi connectivity index (χ0n) is 14.2. The number of nitrogens with one attached hydrogen (secondary N) is 2. The van der Waals surface area contributed by atoms with Crippen molar-refractivity contribution in [3.8, 4) is 0 Å². The number of hydrogen-bond donors (Lipinski definition) is 2. The van der Waals surface area contributed by atoms with E-state index < -0.39 is 5.91 Å². The van der Waals surface area contributed by atoms with Crippen LogP contribution in [0, 0.1) is 6.92 Å². The summed E-state index contributed by atoms with van der Waals surface area (Å²) >= 11 is 12.1. The smallest absolute Gasteiger partial charge is 0.278 e. The molecule has 3 aromatic rings. The van der Waals surface area contributed by atoms with Gasteiger partial charge in [-0.25, -0.2) is 4.68 Å². The number of benzene rings is 2. The minimum atomic E-state index is -0.460. The Balaban J connectivity index is 1.69. The van der Waals surface area contributed by atoms with Crippen LogP contribution >= 0.6 is 23.2 Å². The molecule has 0 unspecified atom stereocenters. The molecule has 0 radical (unpaired) electrons. The number of halogens is 2. The molecule has 1 aromatic heterocycles. The van der Waals surface area contributed by atoms with Crippen molar-refractivity contribution in [2.75, 3.05) is 10.6 Å². The Bertz CT molecular complexity index is 1000. The summed E-state index contributed by atoms with van der Waals surface area (Å²) in [5, 5.41) is 14.0. The first-order chi connectivity index (χ1) is 13.0. The maximum Gasteiger partial charge on any atom is 0.278 e. The second-order valence-corrected chi connectivity index (χ2v) is 6.46. The van der Waals surface area contributed by atoms with E-state index in [4.69, 9.17) is 23.2 Å². The van der Waals surface area contributed by atoms with Gasteiger partial charge in [0.2, 0.25) is 5.91 Å². The predicted octanol–water partition coefficient (Wildman–Crippen LogP) is 3.78. The van der Waals surface area contributed by atoms with Gasteiger partial charge in [-0.15, -0.1) is 5.10 Å². The molecule has 0 bridgehead atoms. The summed E-state index contributed by atoms with van der Waals surface area (Å²) in [6.07, 6.45) is 0. The van der Waals surface area contributed by atoms with Gasteiger partial charge in [-0.05, 0) is 31.2 Å². The first kappa shape index (κ1) is 18.9. The lowest BCUT2D eigenvalue weighted by Gasteiger charge is -2.08. The largest absolute Gasteiger partial charge is 0.323 e. The Kier molecular flexibility index (Phi) is 5.73. The molecule has 3 rings (SSSR count). The van der Waals surface area contributed by atoms with E-state index in [-0.39, 0.29) is 18.1 Å². The molecule has 2 N–H and O–H groups in total. The van der Waals surface area contributed by atoms with Gasteiger partial charge in [0.1, 0.15) is 6.54 Å².